The van der Waals surface area contributed by atoms with Crippen LogP contribution in [0.25, 0.3) is 0 Å². The lowest BCUT2D eigenvalue weighted by Crippen LogP contribution is -2.33. The summed E-state index contributed by atoms with van der Waals surface area (Å²) in [6, 6.07) is 0. The number of nitrogens with two attached hydrogens (primary N) is 1. The van der Waals surface area contributed by atoms with Gasteiger partial charge < -0.3 is 15.8 Å². The van der Waals surface area contributed by atoms with Crippen molar-refractivity contribution in [3.05, 3.63) is 12.2 Å². The third-order valence-corrected chi connectivity index (χ3v) is 1.71. The highest BCUT2D eigenvalue weighted by Gasteiger charge is 2.11. The second kappa shape index (κ2) is 6.86. The minimum Gasteiger partial charge on any atom is -0.469 e. The number of hydrogen-bond acceptors (Lipinski definition) is 3. The van der Waals surface area contributed by atoms with E-state index in [0.29, 0.717) is 19.0 Å². The monoisotopic (exact) mass is 213 g/mol. The molecule has 0 aromatic heterocycles. The van der Waals surface area contributed by atoms with Crippen LogP contribution in [-0.2, 0) is 9.53 Å². The quantitative estimate of drug-likeness (QED) is 0.297. The fourth-order valence-electron chi connectivity index (χ4n) is 0.808. The lowest BCUT2D eigenvalue weighted by atomic mass is 10.2. The van der Waals surface area contributed by atoms with Crippen molar-refractivity contribution in [2.75, 3.05) is 20.2 Å². The number of guanidine groups is 1. The zero-order valence-electron chi connectivity index (χ0n) is 9.54. The summed E-state index contributed by atoms with van der Waals surface area (Å²) < 4.78 is 4.56. The standard InChI is InChI=1S/C10H19N3O2/c1-7(2)5-12-10(11)13-6-8(3)9(14)15-4/h8H,1,5-6H2,2-4H3,(H3,11,12,13). The van der Waals surface area contributed by atoms with Gasteiger partial charge in [0.2, 0.25) is 0 Å². The van der Waals surface area contributed by atoms with Crippen molar-refractivity contribution in [2.45, 2.75) is 13.8 Å². The molecular formula is C10H19N3O2. The van der Waals surface area contributed by atoms with E-state index in [1.807, 2.05) is 6.92 Å². The minimum atomic E-state index is -0.286. The summed E-state index contributed by atoms with van der Waals surface area (Å²) in [6.07, 6.45) is 0. The highest BCUT2D eigenvalue weighted by Crippen LogP contribution is 1.97. The molecule has 0 aliphatic heterocycles. The lowest BCUT2D eigenvalue weighted by molar-refractivity contribution is -0.144. The van der Waals surface area contributed by atoms with Crippen molar-refractivity contribution >= 4 is 11.9 Å². The molecule has 0 fully saturated rings. The Bertz CT molecular complexity index is 261. The van der Waals surface area contributed by atoms with E-state index in [4.69, 9.17) is 5.73 Å². The molecule has 5 nitrogen and oxygen atoms in total. The maximum atomic E-state index is 11.0. The number of aliphatic imine (C=N–C) groups is 1. The zero-order chi connectivity index (χ0) is 11.8. The second-order valence-electron chi connectivity index (χ2n) is 3.46. The number of methoxy groups -OCH3 is 1. The third-order valence-electron chi connectivity index (χ3n) is 1.71. The zero-order valence-corrected chi connectivity index (χ0v) is 9.54. The highest BCUT2D eigenvalue weighted by atomic mass is 16.5. The summed E-state index contributed by atoms with van der Waals surface area (Å²) >= 11 is 0. The molecule has 0 aliphatic carbocycles. The van der Waals surface area contributed by atoms with Crippen molar-refractivity contribution in [3.63, 3.8) is 0 Å². The fourth-order valence-corrected chi connectivity index (χ4v) is 0.808. The van der Waals surface area contributed by atoms with E-state index in [0.717, 1.165) is 5.57 Å². The predicted octanol–water partition coefficient (Wildman–Crippen LogP) is 0.276. The summed E-state index contributed by atoms with van der Waals surface area (Å²) in [4.78, 5) is 15.0. The first-order valence-corrected chi connectivity index (χ1v) is 4.73. The number of rotatable bonds is 5. The number of nitrogens with one attached hydrogen (secondary N) is 1. The number of nitrogens with zero attached hydrogens (tertiary/aromatic N) is 1. The first-order valence-electron chi connectivity index (χ1n) is 4.73. The molecule has 0 saturated heterocycles. The van der Waals surface area contributed by atoms with E-state index in [9.17, 15) is 4.79 Å². The average Bonchev–Trinajstić information content (AvgIpc) is 2.21. The van der Waals surface area contributed by atoms with Crippen molar-refractivity contribution in [1.29, 1.82) is 0 Å². The average molecular weight is 213 g/mol. The van der Waals surface area contributed by atoms with Gasteiger partial charge in [0.1, 0.15) is 0 Å². The Morgan fingerprint density at radius 1 is 1.67 bits per heavy atom. The summed E-state index contributed by atoms with van der Waals surface area (Å²) in [7, 11) is 1.35. The Labute approximate surface area is 90.4 Å². The van der Waals surface area contributed by atoms with Crippen LogP contribution in [0.4, 0.5) is 0 Å². The van der Waals surface area contributed by atoms with Gasteiger partial charge in [0.25, 0.3) is 0 Å². The van der Waals surface area contributed by atoms with Crippen LogP contribution in [0.2, 0.25) is 0 Å². The number of hydrogen-bond donors (Lipinski definition) is 2. The number of carbonyl (C=O) groups excluding carboxylic acids is 1. The predicted molar refractivity (Wildman–Crippen MR) is 60.5 cm³/mol. The smallest absolute Gasteiger partial charge is 0.310 e. The molecule has 86 valence electrons. The number of ether oxygens (including phenoxy) is 1. The molecule has 0 bridgehead atoms. The molecule has 3 N–H and O–H groups in total. The van der Waals surface area contributed by atoms with Gasteiger partial charge in [0.05, 0.1) is 19.6 Å². The van der Waals surface area contributed by atoms with Crippen LogP contribution in [0.15, 0.2) is 17.1 Å². The summed E-state index contributed by atoms with van der Waals surface area (Å²) in [6.45, 7) is 8.25. The largest absolute Gasteiger partial charge is 0.469 e. The fraction of sp³-hybridized carbons (Fsp3) is 0.600. The van der Waals surface area contributed by atoms with E-state index >= 15 is 0 Å². The van der Waals surface area contributed by atoms with Crippen LogP contribution >= 0.6 is 0 Å². The minimum absolute atomic E-state index is 0.278. The number of carbonyl (C=O) groups is 1. The van der Waals surface area contributed by atoms with Crippen LogP contribution < -0.4 is 11.1 Å². The van der Waals surface area contributed by atoms with Gasteiger partial charge in [-0.05, 0) is 6.92 Å². The van der Waals surface area contributed by atoms with Gasteiger partial charge in [0.15, 0.2) is 5.96 Å². The Kier molecular flexibility index (Phi) is 6.17. The van der Waals surface area contributed by atoms with E-state index in [1.54, 1.807) is 6.92 Å². The van der Waals surface area contributed by atoms with Gasteiger partial charge in [-0.15, -0.1) is 0 Å². The molecule has 5 heteroatoms. The molecule has 0 aromatic rings. The molecular weight excluding hydrogens is 194 g/mol. The molecule has 0 spiro atoms. The van der Waals surface area contributed by atoms with Gasteiger partial charge in [-0.2, -0.15) is 0 Å². The van der Waals surface area contributed by atoms with Crippen molar-refractivity contribution in [2.24, 2.45) is 16.6 Å². The maximum absolute atomic E-state index is 11.0. The molecule has 0 radical (unpaired) electrons. The summed E-state index contributed by atoms with van der Waals surface area (Å²) in [5.41, 5.74) is 6.52. The summed E-state index contributed by atoms with van der Waals surface area (Å²) in [5, 5.41) is 2.87. The molecule has 1 unspecified atom stereocenters. The van der Waals surface area contributed by atoms with Crippen LogP contribution in [0, 0.1) is 5.92 Å². The molecule has 0 rings (SSSR count). The van der Waals surface area contributed by atoms with Crippen molar-refractivity contribution in [1.82, 2.24) is 5.32 Å². The lowest BCUT2D eigenvalue weighted by Gasteiger charge is -2.07. The van der Waals surface area contributed by atoms with E-state index < -0.39 is 0 Å². The third kappa shape index (κ3) is 6.54. The van der Waals surface area contributed by atoms with Crippen LogP contribution in [0.1, 0.15) is 13.8 Å². The van der Waals surface area contributed by atoms with Gasteiger partial charge in [-0.25, -0.2) is 0 Å². The summed E-state index contributed by atoms with van der Waals surface area (Å²) in [5.74, 6) is -0.250. The topological polar surface area (TPSA) is 76.7 Å². The molecule has 0 heterocycles. The van der Waals surface area contributed by atoms with Crippen LogP contribution in [0.3, 0.4) is 0 Å². The normalized spacial score (nSPS) is 13.1. The first kappa shape index (κ1) is 13.5. The van der Waals surface area contributed by atoms with Gasteiger partial charge >= 0.3 is 5.97 Å². The van der Waals surface area contributed by atoms with Gasteiger partial charge in [-0.3, -0.25) is 9.79 Å². The van der Waals surface area contributed by atoms with E-state index in [-0.39, 0.29) is 11.9 Å². The van der Waals surface area contributed by atoms with E-state index in [1.165, 1.54) is 7.11 Å². The Balaban J connectivity index is 3.93. The highest BCUT2D eigenvalue weighted by molar-refractivity contribution is 5.78. The maximum Gasteiger partial charge on any atom is 0.310 e. The van der Waals surface area contributed by atoms with Gasteiger partial charge in [-0.1, -0.05) is 19.1 Å². The SMILES string of the molecule is C=C(C)CNC(N)=NCC(C)C(=O)OC. The van der Waals surface area contributed by atoms with E-state index in [2.05, 4.69) is 21.6 Å². The number of esters is 1. The molecule has 0 aromatic carbocycles. The molecule has 0 amide bonds. The first-order chi connectivity index (χ1) is 6.97. The molecule has 15 heavy (non-hydrogen) atoms. The molecule has 1 atom stereocenters. The Morgan fingerprint density at radius 2 is 2.27 bits per heavy atom. The Morgan fingerprint density at radius 3 is 2.73 bits per heavy atom. The van der Waals surface area contributed by atoms with Crippen molar-refractivity contribution < 1.29 is 9.53 Å². The Hall–Kier alpha value is -1.52. The molecule has 0 saturated carbocycles. The molecule has 0 aliphatic rings. The van der Waals surface area contributed by atoms with Crippen LogP contribution in [0.5, 0.6) is 0 Å². The van der Waals surface area contributed by atoms with Crippen LogP contribution in [-0.4, -0.2) is 32.1 Å². The second-order valence-corrected chi connectivity index (χ2v) is 3.46. The van der Waals surface area contributed by atoms with Gasteiger partial charge in [0, 0.05) is 6.54 Å². The van der Waals surface area contributed by atoms with Crippen molar-refractivity contribution in [3.8, 4) is 0 Å².